The maximum absolute atomic E-state index is 5.96. The number of aromatic nitrogens is 4. The van der Waals surface area contributed by atoms with Gasteiger partial charge in [0.1, 0.15) is 17.7 Å². The van der Waals surface area contributed by atoms with Crippen LogP contribution in [0, 0.1) is 0 Å². The van der Waals surface area contributed by atoms with Crippen LogP contribution in [-0.4, -0.2) is 19.9 Å². The zero-order chi connectivity index (χ0) is 11.8. The van der Waals surface area contributed by atoms with E-state index >= 15 is 0 Å². The summed E-state index contributed by atoms with van der Waals surface area (Å²) >= 11 is 9.38. The normalized spacial score (nSPS) is 10.9. The van der Waals surface area contributed by atoms with Crippen molar-refractivity contribution in [2.24, 2.45) is 0 Å². The first-order valence-electron chi connectivity index (χ1n) is 4.86. The number of imidazole rings is 1. The Labute approximate surface area is 110 Å². The van der Waals surface area contributed by atoms with Crippen LogP contribution in [0.5, 0.6) is 0 Å². The van der Waals surface area contributed by atoms with Gasteiger partial charge in [-0.2, -0.15) is 0 Å². The van der Waals surface area contributed by atoms with Gasteiger partial charge in [-0.25, -0.2) is 15.0 Å². The minimum Gasteiger partial charge on any atom is -0.334 e. The highest BCUT2D eigenvalue weighted by Gasteiger charge is 2.09. The number of nitrogens with zero attached hydrogens (tertiary/aromatic N) is 3. The summed E-state index contributed by atoms with van der Waals surface area (Å²) in [5.74, 6) is 0.726. The highest BCUT2D eigenvalue weighted by atomic mass is 79.9. The molecule has 0 amide bonds. The van der Waals surface area contributed by atoms with Crippen LogP contribution in [-0.2, 0) is 0 Å². The van der Waals surface area contributed by atoms with Crippen molar-refractivity contribution in [1.82, 2.24) is 19.9 Å². The summed E-state index contributed by atoms with van der Waals surface area (Å²) in [6.45, 7) is 0. The molecule has 0 aliphatic rings. The molecule has 1 aromatic carbocycles. The van der Waals surface area contributed by atoms with Gasteiger partial charge in [0.2, 0.25) is 0 Å². The third-order valence-corrected chi connectivity index (χ3v) is 3.12. The van der Waals surface area contributed by atoms with Gasteiger partial charge in [-0.15, -0.1) is 0 Å². The Bertz CT molecular complexity index is 695. The molecule has 0 atom stereocenters. The number of hydrogen-bond donors (Lipinski definition) is 1. The van der Waals surface area contributed by atoms with Gasteiger partial charge in [-0.3, -0.25) is 0 Å². The van der Waals surface area contributed by atoms with Crippen LogP contribution in [0.2, 0.25) is 5.15 Å². The molecule has 6 heteroatoms. The van der Waals surface area contributed by atoms with Gasteiger partial charge in [0.25, 0.3) is 0 Å². The number of benzene rings is 1. The summed E-state index contributed by atoms with van der Waals surface area (Å²) in [4.78, 5) is 15.5. The summed E-state index contributed by atoms with van der Waals surface area (Å²) in [6.07, 6.45) is 1.40. The number of nitrogens with one attached hydrogen (secondary N) is 1. The number of aromatic amines is 1. The van der Waals surface area contributed by atoms with E-state index in [1.54, 1.807) is 0 Å². The third-order valence-electron chi connectivity index (χ3n) is 2.34. The quantitative estimate of drug-likeness (QED) is 0.701. The summed E-state index contributed by atoms with van der Waals surface area (Å²) < 4.78 is 0.993. The molecule has 4 nitrogen and oxygen atoms in total. The average Bonchev–Trinajstić information content (AvgIpc) is 2.74. The molecule has 84 valence electrons. The molecule has 2 heterocycles. The van der Waals surface area contributed by atoms with Crippen molar-refractivity contribution in [3.63, 3.8) is 0 Å². The zero-order valence-electron chi connectivity index (χ0n) is 8.48. The molecule has 2 aromatic heterocycles. The Morgan fingerprint density at radius 3 is 2.88 bits per heavy atom. The zero-order valence-corrected chi connectivity index (χ0v) is 10.8. The number of fused-ring (bicyclic) bond motifs is 1. The summed E-state index contributed by atoms with van der Waals surface area (Å²) in [7, 11) is 0. The molecule has 3 aromatic rings. The maximum Gasteiger partial charge on any atom is 0.182 e. The van der Waals surface area contributed by atoms with Gasteiger partial charge in [-0.05, 0) is 12.1 Å². The van der Waals surface area contributed by atoms with Crippen LogP contribution < -0.4 is 0 Å². The SMILES string of the molecule is Clc1ncnc2nc(-c3cccc(Br)c3)[nH]c12. The predicted molar refractivity (Wildman–Crippen MR) is 69.8 cm³/mol. The van der Waals surface area contributed by atoms with Crippen LogP contribution in [0.25, 0.3) is 22.6 Å². The van der Waals surface area contributed by atoms with E-state index < -0.39 is 0 Å². The average molecular weight is 310 g/mol. The van der Waals surface area contributed by atoms with E-state index in [9.17, 15) is 0 Å². The van der Waals surface area contributed by atoms with E-state index in [0.717, 1.165) is 15.9 Å². The lowest BCUT2D eigenvalue weighted by atomic mass is 10.2. The van der Waals surface area contributed by atoms with E-state index in [1.165, 1.54) is 6.33 Å². The van der Waals surface area contributed by atoms with Crippen LogP contribution >= 0.6 is 27.5 Å². The molecule has 0 bridgehead atoms. The summed E-state index contributed by atoms with van der Waals surface area (Å²) in [5.41, 5.74) is 2.19. The van der Waals surface area contributed by atoms with Crippen molar-refractivity contribution in [3.05, 3.63) is 40.2 Å². The monoisotopic (exact) mass is 308 g/mol. The highest BCUT2D eigenvalue weighted by Crippen LogP contribution is 2.24. The lowest BCUT2D eigenvalue weighted by Gasteiger charge is -1.96. The first kappa shape index (κ1) is 10.7. The number of hydrogen-bond acceptors (Lipinski definition) is 3. The van der Waals surface area contributed by atoms with Crippen molar-refractivity contribution in [2.75, 3.05) is 0 Å². The first-order chi connectivity index (χ1) is 8.24. The molecule has 0 aliphatic carbocycles. The fraction of sp³-hybridized carbons (Fsp3) is 0. The number of rotatable bonds is 1. The summed E-state index contributed by atoms with van der Waals surface area (Å²) in [6, 6.07) is 7.84. The first-order valence-corrected chi connectivity index (χ1v) is 6.03. The van der Waals surface area contributed by atoms with Gasteiger partial charge >= 0.3 is 0 Å². The Morgan fingerprint density at radius 1 is 1.24 bits per heavy atom. The molecular weight excluding hydrogens is 304 g/mol. The van der Waals surface area contributed by atoms with E-state index in [4.69, 9.17) is 11.6 Å². The molecule has 0 unspecified atom stereocenters. The van der Waals surface area contributed by atoms with Crippen molar-refractivity contribution in [3.8, 4) is 11.4 Å². The van der Waals surface area contributed by atoms with Gasteiger partial charge in [0.15, 0.2) is 10.8 Å². The lowest BCUT2D eigenvalue weighted by molar-refractivity contribution is 1.20. The van der Waals surface area contributed by atoms with Gasteiger partial charge < -0.3 is 4.98 Å². The van der Waals surface area contributed by atoms with Gasteiger partial charge in [-0.1, -0.05) is 39.7 Å². The smallest absolute Gasteiger partial charge is 0.182 e. The van der Waals surface area contributed by atoms with Crippen molar-refractivity contribution in [1.29, 1.82) is 0 Å². The Hall–Kier alpha value is -1.46. The molecule has 0 saturated heterocycles. The van der Waals surface area contributed by atoms with Crippen LogP contribution in [0.1, 0.15) is 0 Å². The second-order valence-corrected chi connectivity index (χ2v) is 4.73. The van der Waals surface area contributed by atoms with Crippen molar-refractivity contribution in [2.45, 2.75) is 0 Å². The second-order valence-electron chi connectivity index (χ2n) is 3.46. The molecule has 17 heavy (non-hydrogen) atoms. The number of halogens is 2. The molecule has 0 saturated carbocycles. The lowest BCUT2D eigenvalue weighted by Crippen LogP contribution is -1.80. The molecule has 0 radical (unpaired) electrons. The van der Waals surface area contributed by atoms with Gasteiger partial charge in [0.05, 0.1) is 0 Å². The standard InChI is InChI=1S/C11H6BrClN4/c12-7-3-1-2-6(4-7)10-16-8-9(13)14-5-15-11(8)17-10/h1-5H,(H,14,15,16,17). The van der Waals surface area contributed by atoms with E-state index in [0.29, 0.717) is 16.3 Å². The van der Waals surface area contributed by atoms with Crippen molar-refractivity contribution >= 4 is 38.7 Å². The van der Waals surface area contributed by atoms with Crippen LogP contribution in [0.4, 0.5) is 0 Å². The van der Waals surface area contributed by atoms with Gasteiger partial charge in [0, 0.05) is 10.0 Å². The maximum atomic E-state index is 5.96. The topological polar surface area (TPSA) is 54.5 Å². The minimum absolute atomic E-state index is 0.378. The predicted octanol–water partition coefficient (Wildman–Crippen LogP) is 3.44. The van der Waals surface area contributed by atoms with Crippen LogP contribution in [0.15, 0.2) is 35.1 Å². The molecule has 3 rings (SSSR count). The molecular formula is C11H6BrClN4. The molecule has 0 fully saturated rings. The minimum atomic E-state index is 0.378. The molecule has 0 aliphatic heterocycles. The van der Waals surface area contributed by atoms with E-state index in [-0.39, 0.29) is 0 Å². The Kier molecular flexibility index (Phi) is 2.57. The van der Waals surface area contributed by atoms with Crippen molar-refractivity contribution < 1.29 is 0 Å². The fourth-order valence-corrected chi connectivity index (χ4v) is 2.15. The Balaban J connectivity index is 2.22. The number of H-pyrrole nitrogens is 1. The largest absolute Gasteiger partial charge is 0.334 e. The van der Waals surface area contributed by atoms with Crippen LogP contribution in [0.3, 0.4) is 0 Å². The third kappa shape index (κ3) is 1.92. The Morgan fingerprint density at radius 2 is 2.12 bits per heavy atom. The highest BCUT2D eigenvalue weighted by molar-refractivity contribution is 9.10. The fourth-order valence-electron chi connectivity index (χ4n) is 1.57. The molecule has 0 spiro atoms. The molecule has 1 N–H and O–H groups in total. The van der Waals surface area contributed by atoms with E-state index in [2.05, 4.69) is 35.9 Å². The van der Waals surface area contributed by atoms with E-state index in [1.807, 2.05) is 24.3 Å². The summed E-state index contributed by atoms with van der Waals surface area (Å²) in [5, 5.41) is 0.378. The second kappa shape index (κ2) is 4.09.